The average molecular weight is 734 g/mol. The lowest BCUT2D eigenvalue weighted by molar-refractivity contribution is 0.575. The molecule has 2 aliphatic rings. The standard InChI is InChI=1S/C52H39N5/c1-52(31-30-48-44(34-52)42-25-12-13-26-45(42)56(48)40-22-9-4-10-23-40)39-28-29-47-43(33-39)41-24-11-14-27-46(41)57(47)51-54-49(36-18-7-3-8-19-36)53-50(55-51)38-21-15-20-37(32-38)35-16-5-2-6-17-35/h2-30,32-34,51H,31H2,1H3,(H,53,54,55). The Morgan fingerprint density at radius 3 is 1.89 bits per heavy atom. The van der Waals surface area contributed by atoms with Crippen LogP contribution in [-0.4, -0.2) is 20.8 Å². The molecule has 5 nitrogen and oxygen atoms in total. The average Bonchev–Trinajstić information content (AvgIpc) is 3.79. The zero-order valence-electron chi connectivity index (χ0n) is 31.5. The van der Waals surface area contributed by atoms with E-state index in [9.17, 15) is 0 Å². The molecule has 0 saturated heterocycles. The maximum absolute atomic E-state index is 5.38. The monoisotopic (exact) mass is 733 g/mol. The molecule has 7 aromatic carbocycles. The van der Waals surface area contributed by atoms with Crippen LogP contribution in [0, 0.1) is 0 Å². The lowest BCUT2D eigenvalue weighted by atomic mass is 9.76. The van der Waals surface area contributed by atoms with Gasteiger partial charge in [0, 0.05) is 49.0 Å². The van der Waals surface area contributed by atoms with Crippen molar-refractivity contribution in [3.05, 3.63) is 209 Å². The highest BCUT2D eigenvalue weighted by Crippen LogP contribution is 2.39. The third kappa shape index (κ3) is 5.54. The van der Waals surface area contributed by atoms with Gasteiger partial charge in [0.25, 0.3) is 0 Å². The number of rotatable bonds is 6. The number of aliphatic imine (C=N–C) groups is 2. The molecule has 5 heteroatoms. The third-order valence-electron chi connectivity index (χ3n) is 11.8. The van der Waals surface area contributed by atoms with E-state index in [1.54, 1.807) is 0 Å². The first-order chi connectivity index (χ1) is 28.1. The van der Waals surface area contributed by atoms with Crippen molar-refractivity contribution in [2.24, 2.45) is 9.98 Å². The van der Waals surface area contributed by atoms with E-state index in [0.29, 0.717) is 0 Å². The first-order valence-corrected chi connectivity index (χ1v) is 19.7. The fraction of sp³-hybridized carbons (Fsp3) is 0.0769. The van der Waals surface area contributed by atoms with Crippen molar-refractivity contribution in [3.8, 4) is 16.8 Å². The van der Waals surface area contributed by atoms with Gasteiger partial charge in [-0.1, -0.05) is 159 Å². The van der Waals surface area contributed by atoms with Crippen LogP contribution in [0.3, 0.4) is 0 Å². The smallest absolute Gasteiger partial charge is 0.224 e. The van der Waals surface area contributed by atoms with Crippen LogP contribution in [0.5, 0.6) is 0 Å². The predicted octanol–water partition coefficient (Wildman–Crippen LogP) is 10.3. The summed E-state index contributed by atoms with van der Waals surface area (Å²) < 4.78 is 4.72. The van der Waals surface area contributed by atoms with Crippen molar-refractivity contribution >= 4 is 56.5 Å². The largest absolute Gasteiger partial charge is 0.324 e. The number of benzene rings is 7. The molecule has 0 bridgehead atoms. The minimum atomic E-state index is -0.526. The van der Waals surface area contributed by atoms with Crippen molar-refractivity contribution in [2.45, 2.75) is 25.0 Å². The number of hydrogen-bond acceptors (Lipinski definition) is 3. The summed E-state index contributed by atoms with van der Waals surface area (Å²) in [5.41, 5.74) is 10.0. The number of nitrogens with one attached hydrogen (secondary N) is 1. The van der Waals surface area contributed by atoms with Crippen LogP contribution in [0.25, 0.3) is 61.7 Å². The van der Waals surface area contributed by atoms with Crippen LogP contribution >= 0.6 is 0 Å². The molecular weight excluding hydrogens is 695 g/mol. The minimum Gasteiger partial charge on any atom is -0.324 e. The Balaban J connectivity index is 1.07. The quantitative estimate of drug-likeness (QED) is 0.182. The van der Waals surface area contributed by atoms with E-state index < -0.39 is 6.29 Å². The Labute approximate surface area is 330 Å². The lowest BCUT2D eigenvalue weighted by Crippen LogP contribution is -2.37. The number of hydrogen-bond donors (Lipinski definition) is 1. The van der Waals surface area contributed by atoms with Crippen molar-refractivity contribution < 1.29 is 0 Å². The van der Waals surface area contributed by atoms with Gasteiger partial charge in [0.05, 0.1) is 16.6 Å². The highest BCUT2D eigenvalue weighted by Gasteiger charge is 2.29. The molecule has 57 heavy (non-hydrogen) atoms. The van der Waals surface area contributed by atoms with Crippen LogP contribution in [-0.2, 0) is 5.41 Å². The number of para-hydroxylation sites is 3. The molecule has 1 aliphatic carbocycles. The number of fused-ring (bicyclic) bond motifs is 6. The van der Waals surface area contributed by atoms with E-state index >= 15 is 0 Å². The summed E-state index contributed by atoms with van der Waals surface area (Å²) in [5, 5.41) is 9.84. The second-order valence-corrected chi connectivity index (χ2v) is 15.3. The minimum absolute atomic E-state index is 0.210. The van der Waals surface area contributed by atoms with Gasteiger partial charge in [-0.25, -0.2) is 9.98 Å². The van der Waals surface area contributed by atoms with Crippen molar-refractivity contribution in [3.63, 3.8) is 0 Å². The lowest BCUT2D eigenvalue weighted by Gasteiger charge is -2.28. The normalized spacial score (nSPS) is 17.7. The van der Waals surface area contributed by atoms with Gasteiger partial charge in [0.1, 0.15) is 11.7 Å². The summed E-state index contributed by atoms with van der Waals surface area (Å²) >= 11 is 0. The van der Waals surface area contributed by atoms with Gasteiger partial charge < -0.3 is 9.88 Å². The number of aromatic nitrogens is 2. The highest BCUT2D eigenvalue weighted by molar-refractivity contribution is 6.16. The van der Waals surface area contributed by atoms with E-state index in [4.69, 9.17) is 9.98 Å². The molecule has 0 spiro atoms. The van der Waals surface area contributed by atoms with Crippen LogP contribution in [0.15, 0.2) is 192 Å². The van der Waals surface area contributed by atoms with Gasteiger partial charge in [-0.05, 0) is 65.6 Å². The Bertz CT molecular complexity index is 3190. The predicted molar refractivity (Wildman–Crippen MR) is 236 cm³/mol. The fourth-order valence-electron chi connectivity index (χ4n) is 8.91. The van der Waals surface area contributed by atoms with E-state index in [0.717, 1.165) is 45.8 Å². The molecule has 1 N–H and O–H groups in total. The summed E-state index contributed by atoms with van der Waals surface area (Å²) in [5.74, 6) is 1.59. The van der Waals surface area contributed by atoms with Crippen LogP contribution in [0.2, 0.25) is 0 Å². The number of nitrogens with zero attached hydrogens (tertiary/aromatic N) is 4. The maximum Gasteiger partial charge on any atom is 0.224 e. The topological polar surface area (TPSA) is 46.6 Å². The molecule has 2 aromatic heterocycles. The maximum atomic E-state index is 5.38. The van der Waals surface area contributed by atoms with Crippen LogP contribution in [0.4, 0.5) is 0 Å². The summed E-state index contributed by atoms with van der Waals surface area (Å²) in [6.45, 7) is 2.38. The second-order valence-electron chi connectivity index (χ2n) is 15.3. The zero-order chi connectivity index (χ0) is 37.9. The Hall–Kier alpha value is -7.24. The first-order valence-electron chi connectivity index (χ1n) is 19.7. The van der Waals surface area contributed by atoms with Gasteiger partial charge in [-0.2, -0.15) is 0 Å². The third-order valence-corrected chi connectivity index (χ3v) is 11.8. The molecule has 0 radical (unpaired) electrons. The van der Waals surface area contributed by atoms with Crippen LogP contribution < -0.4 is 15.9 Å². The molecule has 1 aliphatic heterocycles. The molecule has 3 heterocycles. The van der Waals surface area contributed by atoms with Gasteiger partial charge in [0.15, 0.2) is 0 Å². The molecule has 272 valence electrons. The van der Waals surface area contributed by atoms with E-state index in [2.05, 4.69) is 209 Å². The van der Waals surface area contributed by atoms with Crippen molar-refractivity contribution in [1.29, 1.82) is 0 Å². The molecular formula is C52H39N5. The molecule has 0 saturated carbocycles. The van der Waals surface area contributed by atoms with Gasteiger partial charge >= 0.3 is 0 Å². The van der Waals surface area contributed by atoms with Gasteiger partial charge in [0.2, 0.25) is 6.29 Å². The van der Waals surface area contributed by atoms with Gasteiger partial charge in [-0.3, -0.25) is 4.57 Å². The van der Waals surface area contributed by atoms with E-state index in [-0.39, 0.29) is 5.41 Å². The molecule has 0 fully saturated rings. The van der Waals surface area contributed by atoms with Crippen molar-refractivity contribution in [1.82, 2.24) is 14.5 Å². The molecule has 11 rings (SSSR count). The van der Waals surface area contributed by atoms with E-state index in [1.165, 1.54) is 49.1 Å². The molecule has 2 atom stereocenters. The highest BCUT2D eigenvalue weighted by atomic mass is 15.3. The first kappa shape index (κ1) is 33.1. The summed E-state index contributed by atoms with van der Waals surface area (Å²) in [6, 6.07) is 64.7. The second kappa shape index (κ2) is 13.2. The summed E-state index contributed by atoms with van der Waals surface area (Å²) in [6.07, 6.45) is 5.31. The number of amidine groups is 2. The molecule has 0 amide bonds. The van der Waals surface area contributed by atoms with Crippen LogP contribution in [0.1, 0.15) is 36.3 Å². The zero-order valence-corrected chi connectivity index (χ0v) is 31.5. The molecule has 2 unspecified atom stereocenters. The SMILES string of the molecule is CC1(c2ccc3c(c2)c2ccccc2n3C2N=C(c3ccccc3)NC(c3cccc(-c4ccccc4)c3)=N2)C=c2c(n(-c3ccccc3)c3ccccc23)=CC1. The molecule has 9 aromatic rings. The summed E-state index contributed by atoms with van der Waals surface area (Å²) in [4.78, 5) is 10.7. The van der Waals surface area contributed by atoms with Crippen molar-refractivity contribution in [2.75, 3.05) is 0 Å². The fourth-order valence-corrected chi connectivity index (χ4v) is 8.91. The Morgan fingerprint density at radius 1 is 0.526 bits per heavy atom. The Kier molecular flexibility index (Phi) is 7.68. The van der Waals surface area contributed by atoms with E-state index in [1.807, 2.05) is 6.07 Å². The summed E-state index contributed by atoms with van der Waals surface area (Å²) in [7, 11) is 0. The Morgan fingerprint density at radius 2 is 1.12 bits per heavy atom. The van der Waals surface area contributed by atoms with Gasteiger partial charge in [-0.15, -0.1) is 0 Å².